The molecule has 0 N–H and O–H groups in total. The van der Waals surface area contributed by atoms with Crippen molar-refractivity contribution in [1.82, 2.24) is 19.9 Å². The van der Waals surface area contributed by atoms with Gasteiger partial charge in [0, 0.05) is 42.5 Å². The van der Waals surface area contributed by atoms with E-state index in [2.05, 4.69) is 19.9 Å². The van der Waals surface area contributed by atoms with Crippen molar-refractivity contribution in [2.45, 2.75) is 13.0 Å². The maximum Gasteiger partial charge on any atom is 0.115 e. The van der Waals surface area contributed by atoms with Gasteiger partial charge in [-0.1, -0.05) is 0 Å². The van der Waals surface area contributed by atoms with E-state index in [-0.39, 0.29) is 0 Å². The molecule has 1 aliphatic rings. The molecule has 2 aromatic rings. The summed E-state index contributed by atoms with van der Waals surface area (Å²) in [5.41, 5.74) is 1.09. The van der Waals surface area contributed by atoms with E-state index in [4.69, 9.17) is 4.74 Å². The van der Waals surface area contributed by atoms with Crippen LogP contribution < -0.4 is 0 Å². The van der Waals surface area contributed by atoms with Gasteiger partial charge in [0.15, 0.2) is 0 Å². The average Bonchev–Trinajstić information content (AvgIpc) is 2.87. The topological polar surface area (TPSA) is 51.1 Å². The zero-order valence-electron chi connectivity index (χ0n) is 11.3. The van der Waals surface area contributed by atoms with E-state index >= 15 is 0 Å². The number of rotatable bonds is 4. The smallest absolute Gasteiger partial charge is 0.115 e. The Morgan fingerprint density at radius 2 is 2.35 bits per heavy atom. The lowest BCUT2D eigenvalue weighted by molar-refractivity contribution is 0.121. The van der Waals surface area contributed by atoms with Gasteiger partial charge >= 0.3 is 0 Å². The summed E-state index contributed by atoms with van der Waals surface area (Å²) in [6.07, 6.45) is 6.22. The molecule has 1 fully saturated rings. The van der Waals surface area contributed by atoms with Crippen molar-refractivity contribution in [2.24, 2.45) is 5.92 Å². The Labute approximate surface area is 122 Å². The minimum atomic E-state index is 0.479. The lowest BCUT2D eigenvalue weighted by atomic mass is 10.0. The molecular formula is C14H18N4OS. The quantitative estimate of drug-likeness (QED) is 0.856. The molecule has 3 rings (SSSR count). The van der Waals surface area contributed by atoms with Crippen molar-refractivity contribution in [3.8, 4) is 0 Å². The van der Waals surface area contributed by atoms with Crippen LogP contribution in [0.4, 0.5) is 0 Å². The van der Waals surface area contributed by atoms with Gasteiger partial charge in [0.1, 0.15) is 11.3 Å². The third-order valence-electron chi connectivity index (χ3n) is 3.41. The Bertz CT molecular complexity index is 505. The lowest BCUT2D eigenvalue weighted by Gasteiger charge is -2.22. The summed E-state index contributed by atoms with van der Waals surface area (Å²) in [7, 11) is 0. The first-order chi connectivity index (χ1) is 9.90. The molecule has 0 saturated carbocycles. The van der Waals surface area contributed by atoms with Gasteiger partial charge in [0.05, 0.1) is 19.8 Å². The van der Waals surface area contributed by atoms with Crippen molar-refractivity contribution in [3.05, 3.63) is 40.9 Å². The molecular weight excluding hydrogens is 272 g/mol. The molecule has 0 amide bonds. The highest BCUT2D eigenvalue weighted by Crippen LogP contribution is 2.15. The molecule has 0 aromatic carbocycles. The van der Waals surface area contributed by atoms with Crippen LogP contribution in [0.25, 0.3) is 0 Å². The van der Waals surface area contributed by atoms with Crippen LogP contribution in [0.3, 0.4) is 0 Å². The van der Waals surface area contributed by atoms with Crippen LogP contribution in [0.2, 0.25) is 0 Å². The van der Waals surface area contributed by atoms with E-state index in [0.29, 0.717) is 5.92 Å². The summed E-state index contributed by atoms with van der Waals surface area (Å²) in [4.78, 5) is 15.1. The summed E-state index contributed by atoms with van der Waals surface area (Å²) in [5, 5.41) is 3.20. The zero-order chi connectivity index (χ0) is 13.6. The van der Waals surface area contributed by atoms with Gasteiger partial charge in [0.25, 0.3) is 0 Å². The second-order valence-corrected chi connectivity index (χ2v) is 5.99. The molecule has 0 spiro atoms. The van der Waals surface area contributed by atoms with Gasteiger partial charge in [0.2, 0.25) is 0 Å². The molecule has 0 aliphatic carbocycles. The van der Waals surface area contributed by atoms with Gasteiger partial charge in [-0.05, 0) is 12.5 Å². The van der Waals surface area contributed by atoms with Gasteiger partial charge in [-0.3, -0.25) is 4.90 Å². The molecule has 106 valence electrons. The number of aromatic nitrogens is 3. The standard InChI is InChI=1S/C14H18N4OS/c1-2-15-11-17-13(1)7-12-8-18(4-5-19-10-12)9-14-16-3-6-20-14/h1-3,6,11-12H,4-5,7-10H2. The second kappa shape index (κ2) is 6.88. The second-order valence-electron chi connectivity index (χ2n) is 5.01. The van der Waals surface area contributed by atoms with Crippen LogP contribution in [-0.2, 0) is 17.7 Å². The fraction of sp³-hybridized carbons (Fsp3) is 0.500. The highest BCUT2D eigenvalue weighted by molar-refractivity contribution is 7.09. The van der Waals surface area contributed by atoms with Crippen molar-refractivity contribution >= 4 is 11.3 Å². The molecule has 6 heteroatoms. The molecule has 0 radical (unpaired) electrons. The molecule has 1 atom stereocenters. The average molecular weight is 290 g/mol. The molecule has 20 heavy (non-hydrogen) atoms. The van der Waals surface area contributed by atoms with Crippen LogP contribution in [0.1, 0.15) is 10.7 Å². The summed E-state index contributed by atoms with van der Waals surface area (Å²) in [6.45, 7) is 4.52. The zero-order valence-corrected chi connectivity index (χ0v) is 12.1. The number of hydrogen-bond donors (Lipinski definition) is 0. The fourth-order valence-electron chi connectivity index (χ4n) is 2.48. The van der Waals surface area contributed by atoms with Crippen LogP contribution in [-0.4, -0.2) is 46.2 Å². The highest BCUT2D eigenvalue weighted by atomic mass is 32.1. The largest absolute Gasteiger partial charge is 0.380 e. The van der Waals surface area contributed by atoms with Crippen molar-refractivity contribution in [2.75, 3.05) is 26.3 Å². The maximum absolute atomic E-state index is 5.73. The lowest BCUT2D eigenvalue weighted by Crippen LogP contribution is -2.30. The third-order valence-corrected chi connectivity index (χ3v) is 4.17. The molecule has 0 bridgehead atoms. The SMILES string of the molecule is c1cc(CC2COCCN(Cc3nccs3)C2)ncn1. The van der Waals surface area contributed by atoms with Gasteiger partial charge in [-0.15, -0.1) is 11.3 Å². The Balaban J connectivity index is 1.60. The minimum Gasteiger partial charge on any atom is -0.380 e. The highest BCUT2D eigenvalue weighted by Gasteiger charge is 2.20. The molecule has 1 unspecified atom stereocenters. The Kier molecular flexibility index (Phi) is 4.68. The van der Waals surface area contributed by atoms with E-state index in [1.807, 2.05) is 17.6 Å². The van der Waals surface area contributed by atoms with E-state index < -0.39 is 0 Å². The van der Waals surface area contributed by atoms with E-state index in [1.165, 1.54) is 5.01 Å². The summed E-state index contributed by atoms with van der Waals surface area (Å²) in [5.74, 6) is 0.479. The van der Waals surface area contributed by atoms with Gasteiger partial charge < -0.3 is 4.74 Å². The van der Waals surface area contributed by atoms with E-state index in [9.17, 15) is 0 Å². The van der Waals surface area contributed by atoms with E-state index in [1.54, 1.807) is 23.9 Å². The van der Waals surface area contributed by atoms with Crippen molar-refractivity contribution in [1.29, 1.82) is 0 Å². The number of thiazole rings is 1. The summed E-state index contributed by atoms with van der Waals surface area (Å²) < 4.78 is 5.73. The summed E-state index contributed by atoms with van der Waals surface area (Å²) >= 11 is 1.71. The first kappa shape index (κ1) is 13.6. The van der Waals surface area contributed by atoms with Crippen LogP contribution in [0.15, 0.2) is 30.2 Å². The van der Waals surface area contributed by atoms with Crippen LogP contribution in [0.5, 0.6) is 0 Å². The molecule has 1 aliphatic heterocycles. The Hall–Kier alpha value is -1.37. The van der Waals surface area contributed by atoms with E-state index in [0.717, 1.165) is 45.0 Å². The number of hydrogen-bond acceptors (Lipinski definition) is 6. The summed E-state index contributed by atoms with van der Waals surface area (Å²) in [6, 6.07) is 1.98. The molecule has 5 nitrogen and oxygen atoms in total. The molecule has 3 heterocycles. The van der Waals surface area contributed by atoms with Gasteiger partial charge in [-0.2, -0.15) is 0 Å². The molecule has 1 saturated heterocycles. The minimum absolute atomic E-state index is 0.479. The first-order valence-electron chi connectivity index (χ1n) is 6.83. The number of ether oxygens (including phenoxy) is 1. The maximum atomic E-state index is 5.73. The monoisotopic (exact) mass is 290 g/mol. The number of nitrogens with zero attached hydrogens (tertiary/aromatic N) is 4. The predicted molar refractivity (Wildman–Crippen MR) is 77.4 cm³/mol. The third kappa shape index (κ3) is 3.82. The van der Waals surface area contributed by atoms with Crippen LogP contribution >= 0.6 is 11.3 Å². The molecule has 2 aromatic heterocycles. The van der Waals surface area contributed by atoms with Crippen molar-refractivity contribution in [3.63, 3.8) is 0 Å². The Morgan fingerprint density at radius 1 is 1.35 bits per heavy atom. The predicted octanol–water partition coefficient (Wildman–Crippen LogP) is 1.62. The van der Waals surface area contributed by atoms with Crippen LogP contribution in [0, 0.1) is 5.92 Å². The van der Waals surface area contributed by atoms with Crippen molar-refractivity contribution < 1.29 is 4.74 Å². The fourth-order valence-corrected chi connectivity index (χ4v) is 3.13. The van der Waals surface area contributed by atoms with Gasteiger partial charge in [-0.25, -0.2) is 15.0 Å². The Morgan fingerprint density at radius 3 is 3.15 bits per heavy atom. The first-order valence-corrected chi connectivity index (χ1v) is 7.71. The normalized spacial score (nSPS) is 20.7.